The first-order valence-corrected chi connectivity index (χ1v) is 20.7. The molecule has 254 valence electrons. The molecule has 52 heavy (non-hydrogen) atoms. The van der Waals surface area contributed by atoms with Gasteiger partial charge in [-0.1, -0.05) is 109 Å². The van der Waals surface area contributed by atoms with Crippen molar-refractivity contribution in [1.29, 1.82) is 10.5 Å². The van der Waals surface area contributed by atoms with Gasteiger partial charge in [-0.05, 0) is 84.9 Å². The molecule has 0 saturated heterocycles. The van der Waals surface area contributed by atoms with E-state index < -0.39 is 14.5 Å². The molecule has 0 unspecified atom stereocenters. The molecule has 0 spiro atoms. The molecule has 0 aliphatic carbocycles. The van der Waals surface area contributed by atoms with Crippen LogP contribution in [0.5, 0.6) is 0 Å². The summed E-state index contributed by atoms with van der Waals surface area (Å²) in [7, 11) is -4.60. The van der Waals surface area contributed by atoms with Crippen LogP contribution in [0.2, 0.25) is 0 Å². The van der Waals surface area contributed by atoms with Crippen molar-refractivity contribution in [3.05, 3.63) is 216 Å². The van der Waals surface area contributed by atoms with Crippen molar-refractivity contribution in [3.8, 4) is 12.1 Å². The van der Waals surface area contributed by atoms with Crippen molar-refractivity contribution in [2.75, 3.05) is 0 Å². The van der Waals surface area contributed by atoms with Crippen LogP contribution in [0.3, 0.4) is 0 Å². The van der Waals surface area contributed by atoms with E-state index in [1.165, 1.54) is 31.8 Å². The zero-order valence-corrected chi connectivity index (χ0v) is 33.4. The second-order valence-electron chi connectivity index (χ2n) is 12.3. The second-order valence-corrected chi connectivity index (χ2v) is 19.3. The van der Waals surface area contributed by atoms with Crippen LogP contribution in [0.4, 0.5) is 0 Å². The van der Waals surface area contributed by atoms with Crippen LogP contribution >= 0.6 is 14.5 Å². The van der Waals surface area contributed by atoms with Crippen molar-refractivity contribution in [2.45, 2.75) is 12.3 Å². The van der Waals surface area contributed by atoms with E-state index in [0.29, 0.717) is 23.5 Å². The van der Waals surface area contributed by atoms with E-state index >= 15 is 0 Å². The van der Waals surface area contributed by atoms with Crippen molar-refractivity contribution >= 4 is 46.4 Å². The number of nitriles is 2. The van der Waals surface area contributed by atoms with E-state index in [1.807, 2.05) is 12.1 Å². The van der Waals surface area contributed by atoms with Gasteiger partial charge in [0.1, 0.15) is 46.4 Å². The van der Waals surface area contributed by atoms with Crippen molar-refractivity contribution < 1.29 is 34.0 Å². The maximum Gasteiger partial charge on any atom is 0.116 e. The van der Waals surface area contributed by atoms with Gasteiger partial charge in [-0.25, -0.2) is 0 Å². The lowest BCUT2D eigenvalue weighted by atomic mass is 10.0. The molecule has 0 bridgehead atoms. The quantitative estimate of drug-likeness (QED) is 0.199. The topological polar surface area (TPSA) is 47.6 Å². The zero-order chi connectivity index (χ0) is 34.2. The van der Waals surface area contributed by atoms with Crippen LogP contribution < -0.4 is 65.8 Å². The van der Waals surface area contributed by atoms with Crippen molar-refractivity contribution in [3.63, 3.8) is 0 Å². The van der Waals surface area contributed by atoms with Crippen LogP contribution in [-0.4, -0.2) is 0 Å². The maximum absolute atomic E-state index is 10.9. The second kappa shape index (κ2) is 17.7. The van der Waals surface area contributed by atoms with Gasteiger partial charge in [0.25, 0.3) is 0 Å². The molecular weight excluding hydrogens is 802 g/mol. The van der Waals surface area contributed by atoms with E-state index in [1.54, 1.807) is 0 Å². The van der Waals surface area contributed by atoms with Gasteiger partial charge in [0.2, 0.25) is 0 Å². The Balaban J connectivity index is 0.00000261. The van der Waals surface area contributed by atoms with Crippen LogP contribution in [0.25, 0.3) is 0 Å². The zero-order valence-electron chi connectivity index (χ0n) is 28.4. The average Bonchev–Trinajstić information content (AvgIpc) is 3.21. The van der Waals surface area contributed by atoms with Gasteiger partial charge in [-0.3, -0.25) is 0 Å². The fourth-order valence-corrected chi connectivity index (χ4v) is 15.7. The first-order chi connectivity index (χ1) is 24.7. The fourth-order valence-electron chi connectivity index (χ4n) is 7.21. The molecule has 0 N–H and O–H groups in total. The number of hydrogen-bond acceptors (Lipinski definition) is 2. The number of benzene rings is 7. The summed E-state index contributed by atoms with van der Waals surface area (Å²) in [5.74, 6) is 0. The monoisotopic (exact) mass is 836 g/mol. The molecule has 0 aliphatic rings. The molecule has 7 rings (SSSR count). The maximum atomic E-state index is 10.9. The molecule has 7 aromatic carbocycles. The SMILES string of the molecule is N#Cc1cc(C[P+](c2ccccc2)(c2ccccc2)c2ccccc2)c(C#N)cc1C[P+](c1ccccc1)(c1ccccc1)c1ccccc1.[Br-].[Br-]. The van der Waals surface area contributed by atoms with Gasteiger partial charge in [0.05, 0.1) is 35.6 Å². The minimum absolute atomic E-state index is 0. The van der Waals surface area contributed by atoms with E-state index in [-0.39, 0.29) is 34.0 Å². The first-order valence-electron chi connectivity index (χ1n) is 16.7. The Morgan fingerprint density at radius 2 is 0.519 bits per heavy atom. The lowest BCUT2D eigenvalue weighted by molar-refractivity contribution is -0.00100. The lowest BCUT2D eigenvalue weighted by Crippen LogP contribution is -3.00. The number of nitrogens with zero attached hydrogens (tertiary/aromatic N) is 2. The summed E-state index contributed by atoms with van der Waals surface area (Å²) in [5.41, 5.74) is 3.05. The molecule has 0 fully saturated rings. The van der Waals surface area contributed by atoms with Gasteiger partial charge >= 0.3 is 0 Å². The highest BCUT2D eigenvalue weighted by Crippen LogP contribution is 2.60. The Hall–Kier alpha value is -4.66. The normalized spacial score (nSPS) is 10.9. The molecule has 2 nitrogen and oxygen atoms in total. The molecule has 0 radical (unpaired) electrons. The summed E-state index contributed by atoms with van der Waals surface area (Å²) in [5, 5.41) is 29.2. The number of halogens is 2. The van der Waals surface area contributed by atoms with Gasteiger partial charge in [-0.2, -0.15) is 10.5 Å². The molecule has 6 heteroatoms. The highest BCUT2D eigenvalue weighted by Gasteiger charge is 2.48. The molecule has 0 aromatic heterocycles. The number of rotatable bonds is 10. The van der Waals surface area contributed by atoms with Crippen LogP contribution in [0.15, 0.2) is 194 Å². The van der Waals surface area contributed by atoms with Gasteiger partial charge in [0.15, 0.2) is 0 Å². The Morgan fingerprint density at radius 3 is 0.692 bits per heavy atom. The smallest absolute Gasteiger partial charge is 0.116 e. The van der Waals surface area contributed by atoms with Gasteiger partial charge in [0, 0.05) is 11.1 Å². The summed E-state index contributed by atoms with van der Waals surface area (Å²) >= 11 is 0. The summed E-state index contributed by atoms with van der Waals surface area (Å²) in [6.07, 6.45) is 1.25. The molecule has 0 atom stereocenters. The van der Waals surface area contributed by atoms with Gasteiger partial charge in [-0.15, -0.1) is 0 Å². The Kier molecular flexibility index (Phi) is 13.1. The largest absolute Gasteiger partial charge is 1.00 e. The minimum Gasteiger partial charge on any atom is -1.00 e. The van der Waals surface area contributed by atoms with Crippen LogP contribution in [0, 0.1) is 22.7 Å². The standard InChI is InChI=1S/C46H36N2P2.2BrH/c47-33-37-32-40(36-50(44-25-13-4-14-26-44,45-27-15-5-16-28-45)46-29-17-6-18-30-46)38(34-48)31-39(37)35-49(41-19-7-1-8-20-41,42-21-9-2-10-22-42)43-23-11-3-12-24-43;;/h1-32H,35-36H2;2*1H/q+2;;/p-2. The molecule has 0 heterocycles. The molecule has 0 saturated carbocycles. The van der Waals surface area contributed by atoms with E-state index in [2.05, 4.69) is 194 Å². The minimum atomic E-state index is -2.30. The molecule has 0 amide bonds. The summed E-state index contributed by atoms with van der Waals surface area (Å²) in [6, 6.07) is 73.4. The lowest BCUT2D eigenvalue weighted by Gasteiger charge is -2.29. The van der Waals surface area contributed by atoms with E-state index in [0.717, 1.165) is 11.1 Å². The third-order valence-electron chi connectivity index (χ3n) is 9.57. The third-order valence-corrected chi connectivity index (χ3v) is 18.3. The van der Waals surface area contributed by atoms with Crippen molar-refractivity contribution in [2.24, 2.45) is 0 Å². The number of hydrogen-bond donors (Lipinski definition) is 0. The summed E-state index contributed by atoms with van der Waals surface area (Å²) in [6.45, 7) is 0. The van der Waals surface area contributed by atoms with Gasteiger partial charge < -0.3 is 34.0 Å². The third kappa shape index (κ3) is 7.46. The first kappa shape index (κ1) is 38.6. The highest BCUT2D eigenvalue weighted by atomic mass is 79.9. The summed E-state index contributed by atoms with van der Waals surface area (Å²) in [4.78, 5) is 0. The Morgan fingerprint density at radius 1 is 0.327 bits per heavy atom. The predicted octanol–water partition coefficient (Wildman–Crippen LogP) is 2.43. The summed E-state index contributed by atoms with van der Waals surface area (Å²) < 4.78 is 0. The van der Waals surface area contributed by atoms with Crippen LogP contribution in [0.1, 0.15) is 22.3 Å². The van der Waals surface area contributed by atoms with E-state index in [9.17, 15) is 10.5 Å². The molecule has 0 aliphatic heterocycles. The Bertz CT molecular complexity index is 1920. The molecular formula is C46H36Br2N2P2. The average molecular weight is 839 g/mol. The molecule has 7 aromatic rings. The predicted molar refractivity (Wildman–Crippen MR) is 214 cm³/mol. The highest BCUT2D eigenvalue weighted by molar-refractivity contribution is 7.95. The Labute approximate surface area is 329 Å². The van der Waals surface area contributed by atoms with E-state index in [4.69, 9.17) is 0 Å². The van der Waals surface area contributed by atoms with Crippen molar-refractivity contribution in [1.82, 2.24) is 0 Å². The fraction of sp³-hybridized carbons (Fsp3) is 0.0435. The van der Waals surface area contributed by atoms with Crippen LogP contribution in [-0.2, 0) is 12.3 Å².